The van der Waals surface area contributed by atoms with Crippen molar-refractivity contribution < 1.29 is 7.56 Å². The minimum absolute atomic E-state index is 0. The number of rotatable bonds is 5. The monoisotopic (exact) mass is 906 g/mol. The molecule has 0 N–H and O–H groups in total. The molecule has 0 amide bonds. The Morgan fingerprint density at radius 3 is 1.03 bits per heavy atom. The van der Waals surface area contributed by atoms with Crippen LogP contribution in [0.5, 0.6) is 0 Å². The quantitative estimate of drug-likeness (QED) is 0.255. The molecule has 4 saturated carbocycles. The first-order valence-electron chi connectivity index (χ1n) is 26.6. The standard InChI is InChI=1S/C12H23N.3C11H21N.C8H17N.3CH4.2B.FH.2H2/c1-10(2)13-8-7-11-5-3-4-6-12(11)9-13;1-9(2)12-7-6-10-4-3-5-11(10)8-12;1-9(2)12-7-10-5-3-4-6-11(10)8-12;1-9(2)12-8-7-10-5-3-4-6-11(10)12;1-8(2)9-6-4-3-5-7-9;;;;;;;;/h10-12H,3-9H2,1-2H3;3*9-11H,3-8H2,1-2H3;8H,3-7H2,1-2H3;3*1H4;;;3*1H/i;;;;;;;;;;;2*1+1. The van der Waals surface area contributed by atoms with Crippen molar-refractivity contribution >= 4 is 16.8 Å². The lowest BCUT2D eigenvalue weighted by Gasteiger charge is -2.42. The van der Waals surface area contributed by atoms with Gasteiger partial charge in [0.2, 0.25) is 0 Å². The molecule has 5 saturated heterocycles. The number of nitrogens with zero attached hydrogens (tertiary/aromatic N) is 5. The van der Waals surface area contributed by atoms with Gasteiger partial charge in [0.1, 0.15) is 0 Å². The normalized spacial score (nSPS) is 31.5. The molecular formula is C56H120B2FN5. The fourth-order valence-corrected chi connectivity index (χ4v) is 13.4. The number of fused-ring (bicyclic) bond motifs is 4. The molecule has 5 nitrogen and oxygen atoms in total. The number of likely N-dealkylation sites (tertiary alicyclic amines) is 5. The largest absolute Gasteiger partial charge is 0.301 e. The third-order valence-corrected chi connectivity index (χ3v) is 17.4. The maximum atomic E-state index is 2.73. The van der Waals surface area contributed by atoms with Crippen LogP contribution in [0.25, 0.3) is 0 Å². The number of hydrogen-bond donors (Lipinski definition) is 0. The molecule has 4 aliphatic carbocycles. The van der Waals surface area contributed by atoms with Gasteiger partial charge in [0.15, 0.2) is 0 Å². The fraction of sp³-hybridized carbons (Fsp3) is 1.00. The molecule has 0 aromatic heterocycles. The van der Waals surface area contributed by atoms with E-state index in [-0.39, 0.29) is 46.7 Å². The molecule has 5 aliphatic heterocycles. The van der Waals surface area contributed by atoms with Crippen molar-refractivity contribution in [3.8, 4) is 0 Å². The van der Waals surface area contributed by atoms with E-state index >= 15 is 0 Å². The molecule has 0 aromatic carbocycles. The molecule has 0 spiro atoms. The Labute approximate surface area is 410 Å². The zero-order valence-corrected chi connectivity index (χ0v) is 42.5. The van der Waals surface area contributed by atoms with E-state index in [1.807, 2.05) is 0 Å². The van der Waals surface area contributed by atoms with Crippen molar-refractivity contribution in [1.82, 2.24) is 24.5 Å². The molecule has 8 unspecified atom stereocenters. The zero-order valence-electron chi connectivity index (χ0n) is 42.5. The van der Waals surface area contributed by atoms with Gasteiger partial charge in [-0.2, -0.15) is 0 Å². The van der Waals surface area contributed by atoms with Gasteiger partial charge < -0.3 is 19.6 Å². The SMILES string of the molecule is C.C.C.CC(C)N1CC2CCCCC2C1.CC(C)N1CCC2CCCC2C1.CC(C)N1CCC2CCCCC21.CC(C)N1CCC2CCCCC2C1.CC(C)N1CCCCC1.F.[2HH].[2HH].[B].[B]. The molecule has 8 atom stereocenters. The van der Waals surface area contributed by atoms with Gasteiger partial charge in [-0.15, -0.1) is 0 Å². The molecule has 8 heteroatoms. The summed E-state index contributed by atoms with van der Waals surface area (Å²) in [7, 11) is 0. The van der Waals surface area contributed by atoms with Crippen molar-refractivity contribution in [2.24, 2.45) is 41.4 Å². The summed E-state index contributed by atoms with van der Waals surface area (Å²) in [5.74, 6) is 7.46. The lowest BCUT2D eigenvalue weighted by molar-refractivity contribution is 0.0669. The van der Waals surface area contributed by atoms with E-state index < -0.39 is 0 Å². The summed E-state index contributed by atoms with van der Waals surface area (Å²) in [6, 6.07) is 4.81. The average Bonchev–Trinajstić information content (AvgIpc) is 4.01. The smallest absolute Gasteiger partial charge is 0.0127 e. The Morgan fingerprint density at radius 2 is 0.625 bits per heavy atom. The van der Waals surface area contributed by atoms with Crippen LogP contribution in [0.4, 0.5) is 4.70 Å². The van der Waals surface area contributed by atoms with E-state index in [0.717, 1.165) is 77.7 Å². The molecule has 5 heterocycles. The molecular weight excluding hydrogens is 783 g/mol. The van der Waals surface area contributed by atoms with E-state index in [0.29, 0.717) is 0 Å². The van der Waals surface area contributed by atoms with Gasteiger partial charge >= 0.3 is 0 Å². The summed E-state index contributed by atoms with van der Waals surface area (Å²) in [6.07, 6.45) is 31.2. The minimum atomic E-state index is 0. The maximum absolute atomic E-state index is 2.73. The Bertz CT molecular complexity index is 1090. The van der Waals surface area contributed by atoms with E-state index in [2.05, 4.69) is 93.7 Å². The van der Waals surface area contributed by atoms with Crippen LogP contribution in [0.3, 0.4) is 0 Å². The molecule has 9 aliphatic rings. The van der Waals surface area contributed by atoms with Gasteiger partial charge in [0, 0.05) is 82.1 Å². The number of halogens is 1. The lowest BCUT2D eigenvalue weighted by atomic mass is 9.75. The lowest BCUT2D eigenvalue weighted by Crippen LogP contribution is -2.44. The minimum Gasteiger partial charge on any atom is -0.301 e. The Hall–Kier alpha value is -0.140. The van der Waals surface area contributed by atoms with Gasteiger partial charge in [-0.25, -0.2) is 0 Å². The van der Waals surface area contributed by atoms with Crippen LogP contribution in [0, 0.1) is 41.4 Å². The first-order valence-corrected chi connectivity index (χ1v) is 26.6. The highest BCUT2D eigenvalue weighted by molar-refractivity contribution is 5.76. The van der Waals surface area contributed by atoms with Crippen LogP contribution in [0.1, 0.15) is 229 Å². The van der Waals surface area contributed by atoms with Gasteiger partial charge in [0.25, 0.3) is 0 Å². The van der Waals surface area contributed by atoms with Crippen LogP contribution in [0.2, 0.25) is 0 Å². The predicted octanol–water partition coefficient (Wildman–Crippen LogP) is 14.3. The second-order valence-corrected chi connectivity index (χ2v) is 22.8. The van der Waals surface area contributed by atoms with Gasteiger partial charge in [-0.05, 0) is 214 Å². The van der Waals surface area contributed by atoms with Gasteiger partial charge in [-0.3, -0.25) is 9.60 Å². The topological polar surface area (TPSA) is 16.2 Å². The van der Waals surface area contributed by atoms with E-state index in [1.165, 1.54) is 194 Å². The van der Waals surface area contributed by atoms with Crippen molar-refractivity contribution in [1.29, 1.82) is 0 Å². The summed E-state index contributed by atoms with van der Waals surface area (Å²) < 4.78 is 0. The molecule has 9 rings (SSSR count). The van der Waals surface area contributed by atoms with Crippen LogP contribution in [-0.2, 0) is 0 Å². The van der Waals surface area contributed by atoms with E-state index in [9.17, 15) is 0 Å². The summed E-state index contributed by atoms with van der Waals surface area (Å²) in [4.78, 5) is 13.3. The Balaban J connectivity index is -0.000000355. The predicted molar refractivity (Wildman–Crippen MR) is 292 cm³/mol. The molecule has 9 fully saturated rings. The average molecular weight is 906 g/mol. The van der Waals surface area contributed by atoms with Crippen molar-refractivity contribution in [3.63, 3.8) is 0 Å². The first-order chi connectivity index (χ1) is 27.9. The molecule has 0 aromatic rings. The maximum Gasteiger partial charge on any atom is 0.0127 e. The highest BCUT2D eigenvalue weighted by atomic mass is 19.0. The van der Waals surface area contributed by atoms with Crippen LogP contribution in [0.15, 0.2) is 0 Å². The molecule has 6 radical (unpaired) electrons. The fourth-order valence-electron chi connectivity index (χ4n) is 13.4. The molecule has 64 heavy (non-hydrogen) atoms. The van der Waals surface area contributed by atoms with Crippen LogP contribution >= 0.6 is 0 Å². The summed E-state index contributed by atoms with van der Waals surface area (Å²) in [5, 5.41) is 0. The third-order valence-electron chi connectivity index (χ3n) is 17.4. The van der Waals surface area contributed by atoms with Crippen LogP contribution < -0.4 is 0 Å². The van der Waals surface area contributed by atoms with Crippen molar-refractivity contribution in [3.05, 3.63) is 0 Å². The molecule has 0 bridgehead atoms. The number of piperidine rings is 3. The van der Waals surface area contributed by atoms with E-state index in [4.69, 9.17) is 0 Å². The van der Waals surface area contributed by atoms with Gasteiger partial charge in [0.05, 0.1) is 0 Å². The van der Waals surface area contributed by atoms with Gasteiger partial charge in [-0.1, -0.05) is 86.5 Å². The second kappa shape index (κ2) is 34.2. The van der Waals surface area contributed by atoms with E-state index in [1.54, 1.807) is 0 Å². The second-order valence-electron chi connectivity index (χ2n) is 22.8. The third kappa shape index (κ3) is 20.4. The van der Waals surface area contributed by atoms with Crippen molar-refractivity contribution in [2.75, 3.05) is 58.9 Å². The summed E-state index contributed by atoms with van der Waals surface area (Å²) >= 11 is 0. The zero-order chi connectivity index (χ0) is 41.6. The van der Waals surface area contributed by atoms with Crippen molar-refractivity contribution in [2.45, 2.75) is 263 Å². The first kappa shape index (κ1) is 65.9. The Kier molecular flexibility index (Phi) is 35.2. The van der Waals surface area contributed by atoms with Crippen LogP contribution in [-0.4, -0.2) is 136 Å². The number of hydrogen-bond acceptors (Lipinski definition) is 5. The summed E-state index contributed by atoms with van der Waals surface area (Å²) in [6.45, 7) is 35.6. The Morgan fingerprint density at radius 1 is 0.297 bits per heavy atom. The molecule has 382 valence electrons. The summed E-state index contributed by atoms with van der Waals surface area (Å²) in [5.41, 5.74) is 0. The highest BCUT2D eigenvalue weighted by Crippen LogP contribution is 2.40. The highest BCUT2D eigenvalue weighted by Gasteiger charge is 2.37.